The number of anilines is 1. The number of hydrogen-bond donors (Lipinski definition) is 1. The van der Waals surface area contributed by atoms with E-state index in [1.54, 1.807) is 18.2 Å². The van der Waals surface area contributed by atoms with Crippen LogP contribution in [0.1, 0.15) is 19.4 Å². The van der Waals surface area contributed by atoms with E-state index in [2.05, 4.69) is 5.32 Å². The van der Waals surface area contributed by atoms with Crippen LogP contribution in [0, 0.1) is 6.92 Å². The van der Waals surface area contributed by atoms with Gasteiger partial charge in [0.25, 0.3) is 5.91 Å². The molecule has 2 rings (SSSR count). The van der Waals surface area contributed by atoms with Crippen LogP contribution in [0.2, 0.25) is 10.0 Å². The zero-order valence-corrected chi connectivity index (χ0v) is 16.1. The fourth-order valence-electron chi connectivity index (χ4n) is 2.10. The summed E-state index contributed by atoms with van der Waals surface area (Å²) in [4.78, 5) is 24.3. The van der Waals surface area contributed by atoms with E-state index in [1.807, 2.05) is 25.1 Å². The summed E-state index contributed by atoms with van der Waals surface area (Å²) in [6.45, 7) is 4.92. The highest BCUT2D eigenvalue weighted by Crippen LogP contribution is 2.28. The Labute approximate surface area is 162 Å². The van der Waals surface area contributed by atoms with E-state index < -0.39 is 24.1 Å². The first kappa shape index (κ1) is 20.1. The van der Waals surface area contributed by atoms with Gasteiger partial charge in [0.2, 0.25) is 0 Å². The van der Waals surface area contributed by atoms with Gasteiger partial charge in [0.1, 0.15) is 5.75 Å². The number of amides is 1. The number of hydrogen-bond acceptors (Lipinski definition) is 4. The molecule has 0 aliphatic rings. The Balaban J connectivity index is 1.91. The highest BCUT2D eigenvalue weighted by atomic mass is 35.5. The molecule has 26 heavy (non-hydrogen) atoms. The van der Waals surface area contributed by atoms with Crippen LogP contribution in [0.5, 0.6) is 5.75 Å². The lowest BCUT2D eigenvalue weighted by molar-refractivity contribution is -0.159. The van der Waals surface area contributed by atoms with E-state index in [0.717, 1.165) is 5.56 Å². The SMILES string of the molecule is Cc1cccc(NC(=O)[C@@H](C)OC(=O)[C@H](C)Oc2ccc(Cl)cc2Cl)c1. The summed E-state index contributed by atoms with van der Waals surface area (Å²) in [5, 5.41) is 3.44. The molecule has 2 aromatic carbocycles. The molecule has 0 spiro atoms. The Morgan fingerprint density at radius 1 is 1.04 bits per heavy atom. The Bertz CT molecular complexity index is 810. The zero-order valence-electron chi connectivity index (χ0n) is 14.6. The van der Waals surface area contributed by atoms with Crippen molar-refractivity contribution in [2.24, 2.45) is 0 Å². The molecule has 138 valence electrons. The Morgan fingerprint density at radius 3 is 2.42 bits per heavy atom. The average molecular weight is 396 g/mol. The summed E-state index contributed by atoms with van der Waals surface area (Å²) in [7, 11) is 0. The van der Waals surface area contributed by atoms with Gasteiger partial charge in [-0.25, -0.2) is 4.79 Å². The lowest BCUT2D eigenvalue weighted by atomic mass is 10.2. The first-order chi connectivity index (χ1) is 12.3. The van der Waals surface area contributed by atoms with Gasteiger partial charge in [0.15, 0.2) is 12.2 Å². The van der Waals surface area contributed by atoms with Gasteiger partial charge >= 0.3 is 5.97 Å². The molecule has 0 unspecified atom stereocenters. The van der Waals surface area contributed by atoms with E-state index in [9.17, 15) is 9.59 Å². The van der Waals surface area contributed by atoms with Gasteiger partial charge in [-0.15, -0.1) is 0 Å². The minimum Gasteiger partial charge on any atom is -0.477 e. The smallest absolute Gasteiger partial charge is 0.347 e. The Hall–Kier alpha value is -2.24. The quantitative estimate of drug-likeness (QED) is 0.723. The van der Waals surface area contributed by atoms with E-state index in [1.165, 1.54) is 19.9 Å². The molecule has 1 amide bonds. The maximum absolute atomic E-state index is 12.2. The minimum absolute atomic E-state index is 0.280. The van der Waals surface area contributed by atoms with Crippen LogP contribution in [-0.4, -0.2) is 24.1 Å². The molecule has 1 N–H and O–H groups in total. The summed E-state index contributed by atoms with van der Waals surface area (Å²) in [5.41, 5.74) is 1.64. The first-order valence-corrected chi connectivity index (χ1v) is 8.71. The number of carbonyl (C=O) groups excluding carboxylic acids is 2. The number of esters is 1. The van der Waals surface area contributed by atoms with Gasteiger partial charge in [-0.3, -0.25) is 4.79 Å². The van der Waals surface area contributed by atoms with E-state index in [-0.39, 0.29) is 5.02 Å². The number of rotatable bonds is 6. The highest BCUT2D eigenvalue weighted by molar-refractivity contribution is 6.35. The zero-order chi connectivity index (χ0) is 19.3. The number of nitrogens with one attached hydrogen (secondary N) is 1. The van der Waals surface area contributed by atoms with Crippen LogP contribution >= 0.6 is 23.2 Å². The van der Waals surface area contributed by atoms with Crippen molar-refractivity contribution in [1.82, 2.24) is 0 Å². The van der Waals surface area contributed by atoms with Crippen LogP contribution in [0.3, 0.4) is 0 Å². The van der Waals surface area contributed by atoms with E-state index >= 15 is 0 Å². The molecule has 0 aliphatic heterocycles. The molecule has 0 saturated carbocycles. The lowest BCUT2D eigenvalue weighted by Gasteiger charge is -2.18. The second kappa shape index (κ2) is 8.92. The van der Waals surface area contributed by atoms with Crippen LogP contribution in [-0.2, 0) is 14.3 Å². The number of carbonyl (C=O) groups is 2. The summed E-state index contributed by atoms with van der Waals surface area (Å²) >= 11 is 11.8. The topological polar surface area (TPSA) is 64.6 Å². The van der Waals surface area contributed by atoms with Crippen LogP contribution < -0.4 is 10.1 Å². The third-order valence-electron chi connectivity index (χ3n) is 3.48. The molecule has 5 nitrogen and oxygen atoms in total. The molecule has 2 aromatic rings. The summed E-state index contributed by atoms with van der Waals surface area (Å²) in [6.07, 6.45) is -1.92. The Kier molecular flexibility index (Phi) is 6.89. The van der Waals surface area contributed by atoms with Crippen molar-refractivity contribution < 1.29 is 19.1 Å². The van der Waals surface area contributed by atoms with Crippen LogP contribution in [0.15, 0.2) is 42.5 Å². The van der Waals surface area contributed by atoms with Crippen molar-refractivity contribution in [1.29, 1.82) is 0 Å². The average Bonchev–Trinajstić information content (AvgIpc) is 2.57. The van der Waals surface area contributed by atoms with Crippen molar-refractivity contribution in [3.8, 4) is 5.75 Å². The number of benzene rings is 2. The maximum atomic E-state index is 12.2. The molecule has 0 aliphatic carbocycles. The summed E-state index contributed by atoms with van der Waals surface area (Å²) in [6, 6.07) is 12.0. The molecule has 0 fully saturated rings. The van der Waals surface area contributed by atoms with E-state index in [0.29, 0.717) is 16.5 Å². The second-order valence-corrected chi connectivity index (χ2v) is 6.62. The second-order valence-electron chi connectivity index (χ2n) is 5.77. The first-order valence-electron chi connectivity index (χ1n) is 7.96. The molecule has 0 radical (unpaired) electrons. The van der Waals surface area contributed by atoms with Crippen molar-refractivity contribution in [2.45, 2.75) is 33.0 Å². The number of halogens is 2. The predicted octanol–water partition coefficient (Wildman–Crippen LogP) is 4.64. The summed E-state index contributed by atoms with van der Waals surface area (Å²) in [5.74, 6) is -0.805. The minimum atomic E-state index is -0.977. The van der Waals surface area contributed by atoms with Gasteiger partial charge in [-0.1, -0.05) is 35.3 Å². The fraction of sp³-hybridized carbons (Fsp3) is 0.263. The summed E-state index contributed by atoms with van der Waals surface area (Å²) < 4.78 is 10.6. The maximum Gasteiger partial charge on any atom is 0.347 e. The number of ether oxygens (including phenoxy) is 2. The molecule has 2 atom stereocenters. The van der Waals surface area contributed by atoms with Gasteiger partial charge in [0.05, 0.1) is 5.02 Å². The van der Waals surface area contributed by atoms with Crippen molar-refractivity contribution >= 4 is 40.8 Å². The molecule has 0 aromatic heterocycles. The Morgan fingerprint density at radius 2 is 1.77 bits per heavy atom. The molecular weight excluding hydrogens is 377 g/mol. The normalized spacial score (nSPS) is 12.8. The van der Waals surface area contributed by atoms with Gasteiger partial charge < -0.3 is 14.8 Å². The molecule has 0 saturated heterocycles. The van der Waals surface area contributed by atoms with Crippen LogP contribution in [0.4, 0.5) is 5.69 Å². The van der Waals surface area contributed by atoms with Gasteiger partial charge in [-0.05, 0) is 56.7 Å². The standard InChI is InChI=1S/C19H19Cl2NO4/c1-11-5-4-6-15(9-11)22-18(23)12(2)26-19(24)13(3)25-17-8-7-14(20)10-16(17)21/h4-10,12-13H,1-3H3,(H,22,23)/t12-,13+/m1/s1. The highest BCUT2D eigenvalue weighted by Gasteiger charge is 2.24. The van der Waals surface area contributed by atoms with Crippen molar-refractivity contribution in [2.75, 3.05) is 5.32 Å². The van der Waals surface area contributed by atoms with Gasteiger partial charge in [0, 0.05) is 10.7 Å². The van der Waals surface area contributed by atoms with E-state index in [4.69, 9.17) is 32.7 Å². The van der Waals surface area contributed by atoms with Crippen molar-refractivity contribution in [3.63, 3.8) is 0 Å². The molecule has 7 heteroatoms. The molecular formula is C19H19Cl2NO4. The lowest BCUT2D eigenvalue weighted by Crippen LogP contribution is -2.35. The monoisotopic (exact) mass is 395 g/mol. The van der Waals surface area contributed by atoms with Gasteiger partial charge in [-0.2, -0.15) is 0 Å². The third-order valence-corrected chi connectivity index (χ3v) is 4.01. The van der Waals surface area contributed by atoms with Crippen LogP contribution in [0.25, 0.3) is 0 Å². The van der Waals surface area contributed by atoms with Crippen molar-refractivity contribution in [3.05, 3.63) is 58.1 Å². The fourth-order valence-corrected chi connectivity index (χ4v) is 2.55. The third kappa shape index (κ3) is 5.64. The molecule has 0 heterocycles. The number of aryl methyl sites for hydroxylation is 1. The largest absolute Gasteiger partial charge is 0.477 e. The molecule has 0 bridgehead atoms. The predicted molar refractivity (Wildman–Crippen MR) is 102 cm³/mol.